The molecule has 0 aromatic rings. The van der Waals surface area contributed by atoms with E-state index in [0.717, 1.165) is 25.9 Å². The molecule has 0 fully saturated rings. The average molecular weight is 146 g/mol. The first-order chi connectivity index (χ1) is 4.77. The summed E-state index contributed by atoms with van der Waals surface area (Å²) in [6.45, 7) is 1.96. The van der Waals surface area contributed by atoms with Crippen LogP contribution in [0.15, 0.2) is 0 Å². The number of hydrogen-bond donors (Lipinski definition) is 4. The maximum absolute atomic E-state index is 5.26. The molecule has 62 valence electrons. The summed E-state index contributed by atoms with van der Waals surface area (Å²) < 4.78 is 0. The number of unbranched alkanes of at least 4 members (excludes halogenated alkanes) is 1. The Bertz CT molecular complexity index is 64.8. The zero-order chi connectivity index (χ0) is 7.82. The minimum absolute atomic E-state index is 0.366. The lowest BCUT2D eigenvalue weighted by Gasteiger charge is -2.06. The Labute approximate surface area is 62.3 Å². The molecule has 0 atom stereocenters. The number of rotatable bonds is 6. The minimum atomic E-state index is -0.366. The molecule has 0 heterocycles. The molecule has 0 saturated carbocycles. The monoisotopic (exact) mass is 146 g/mol. The Morgan fingerprint density at radius 2 is 1.80 bits per heavy atom. The van der Waals surface area contributed by atoms with Gasteiger partial charge in [-0.3, -0.25) is 5.32 Å². The van der Waals surface area contributed by atoms with Crippen LogP contribution in [0.25, 0.3) is 0 Å². The van der Waals surface area contributed by atoms with Crippen molar-refractivity contribution < 1.29 is 0 Å². The van der Waals surface area contributed by atoms with Crippen molar-refractivity contribution >= 4 is 0 Å². The van der Waals surface area contributed by atoms with Gasteiger partial charge in [0.25, 0.3) is 0 Å². The summed E-state index contributed by atoms with van der Waals surface area (Å²) in [6.07, 6.45) is 1.91. The predicted molar refractivity (Wildman–Crippen MR) is 43.3 cm³/mol. The summed E-state index contributed by atoms with van der Waals surface area (Å²) in [5.41, 5.74) is 10.5. The van der Waals surface area contributed by atoms with E-state index in [1.54, 1.807) is 0 Å². The Hall–Kier alpha value is -0.160. The largest absolute Gasteiger partial charge is 0.320 e. The Morgan fingerprint density at radius 3 is 2.30 bits per heavy atom. The zero-order valence-corrected chi connectivity index (χ0v) is 6.56. The smallest absolute Gasteiger partial charge is 0.106 e. The minimum Gasteiger partial charge on any atom is -0.320 e. The lowest BCUT2D eigenvalue weighted by Crippen LogP contribution is -2.45. The lowest BCUT2D eigenvalue weighted by atomic mass is 10.3. The van der Waals surface area contributed by atoms with Gasteiger partial charge in [-0.25, -0.2) is 0 Å². The van der Waals surface area contributed by atoms with Crippen molar-refractivity contribution in [2.45, 2.75) is 19.1 Å². The molecule has 0 aromatic carbocycles. The van der Waals surface area contributed by atoms with Gasteiger partial charge in [0.05, 0.1) is 0 Å². The fourth-order valence-corrected chi connectivity index (χ4v) is 0.696. The van der Waals surface area contributed by atoms with Gasteiger partial charge >= 0.3 is 0 Å². The predicted octanol–water partition coefficient (Wildman–Crippen LogP) is -1.22. The first-order valence-electron chi connectivity index (χ1n) is 3.66. The van der Waals surface area contributed by atoms with E-state index in [9.17, 15) is 0 Å². The van der Waals surface area contributed by atoms with Crippen molar-refractivity contribution in [1.29, 1.82) is 0 Å². The summed E-state index contributed by atoms with van der Waals surface area (Å²) in [4.78, 5) is 0. The van der Waals surface area contributed by atoms with Crippen LogP contribution in [0.5, 0.6) is 0 Å². The summed E-state index contributed by atoms with van der Waals surface area (Å²) in [7, 11) is 1.95. The first kappa shape index (κ1) is 9.84. The van der Waals surface area contributed by atoms with Crippen LogP contribution in [0, 0.1) is 0 Å². The third-order valence-electron chi connectivity index (χ3n) is 1.23. The van der Waals surface area contributed by atoms with E-state index < -0.39 is 0 Å². The molecule has 0 bridgehead atoms. The van der Waals surface area contributed by atoms with Crippen LogP contribution in [-0.2, 0) is 0 Å². The van der Waals surface area contributed by atoms with Gasteiger partial charge < -0.3 is 16.8 Å². The second-order valence-corrected chi connectivity index (χ2v) is 2.29. The van der Waals surface area contributed by atoms with Crippen LogP contribution in [0.2, 0.25) is 0 Å². The van der Waals surface area contributed by atoms with Crippen LogP contribution >= 0.6 is 0 Å². The maximum atomic E-state index is 5.26. The molecule has 0 radical (unpaired) electrons. The number of nitrogens with two attached hydrogens (primary N) is 2. The van der Waals surface area contributed by atoms with E-state index in [-0.39, 0.29) is 6.29 Å². The number of hydrogen-bond acceptors (Lipinski definition) is 4. The molecule has 0 rings (SSSR count). The molecule has 0 aliphatic heterocycles. The van der Waals surface area contributed by atoms with Gasteiger partial charge in [0.15, 0.2) is 0 Å². The molecule has 0 aliphatic rings. The highest BCUT2D eigenvalue weighted by Gasteiger charge is 1.90. The topological polar surface area (TPSA) is 76.1 Å². The molecule has 0 aliphatic carbocycles. The van der Waals surface area contributed by atoms with Crippen molar-refractivity contribution in [2.75, 3.05) is 20.1 Å². The second kappa shape index (κ2) is 6.95. The van der Waals surface area contributed by atoms with Crippen molar-refractivity contribution in [1.82, 2.24) is 10.6 Å². The van der Waals surface area contributed by atoms with Gasteiger partial charge in [-0.15, -0.1) is 0 Å². The third-order valence-corrected chi connectivity index (χ3v) is 1.23. The summed E-state index contributed by atoms with van der Waals surface area (Å²) in [6, 6.07) is 0. The van der Waals surface area contributed by atoms with Crippen molar-refractivity contribution in [2.24, 2.45) is 11.5 Å². The second-order valence-electron chi connectivity index (χ2n) is 2.29. The van der Waals surface area contributed by atoms with Gasteiger partial charge in [-0.1, -0.05) is 0 Å². The van der Waals surface area contributed by atoms with Gasteiger partial charge in [-0.2, -0.15) is 0 Å². The standard InChI is InChI=1S/C6H18N4/c1-9-4-2-3-5-10-6(7)8/h6,9-10H,2-5,7-8H2,1H3. The van der Waals surface area contributed by atoms with Crippen LogP contribution in [0.3, 0.4) is 0 Å². The molecule has 0 aromatic heterocycles. The maximum Gasteiger partial charge on any atom is 0.106 e. The molecule has 6 N–H and O–H groups in total. The van der Waals surface area contributed by atoms with E-state index in [2.05, 4.69) is 10.6 Å². The molecule has 0 amide bonds. The molecule has 0 spiro atoms. The van der Waals surface area contributed by atoms with E-state index in [0.29, 0.717) is 0 Å². The average Bonchev–Trinajstić information content (AvgIpc) is 1.87. The van der Waals surface area contributed by atoms with Crippen LogP contribution in [0.1, 0.15) is 12.8 Å². The van der Waals surface area contributed by atoms with Crippen molar-refractivity contribution in [3.63, 3.8) is 0 Å². The Morgan fingerprint density at radius 1 is 1.20 bits per heavy atom. The fraction of sp³-hybridized carbons (Fsp3) is 1.00. The van der Waals surface area contributed by atoms with Gasteiger partial charge in [0.1, 0.15) is 6.29 Å². The Balaban J connectivity index is 2.77. The van der Waals surface area contributed by atoms with E-state index >= 15 is 0 Å². The van der Waals surface area contributed by atoms with Crippen LogP contribution < -0.4 is 22.1 Å². The zero-order valence-electron chi connectivity index (χ0n) is 6.56. The SMILES string of the molecule is CNCCCCNC(N)N. The summed E-state index contributed by atoms with van der Waals surface area (Å²) in [5.74, 6) is 0. The van der Waals surface area contributed by atoms with Crippen molar-refractivity contribution in [3.8, 4) is 0 Å². The molecular formula is C6H18N4. The molecule has 4 nitrogen and oxygen atoms in total. The first-order valence-corrected chi connectivity index (χ1v) is 3.66. The van der Waals surface area contributed by atoms with Crippen LogP contribution in [0.4, 0.5) is 0 Å². The van der Waals surface area contributed by atoms with E-state index in [1.165, 1.54) is 0 Å². The molecule has 0 unspecified atom stereocenters. The highest BCUT2D eigenvalue weighted by Crippen LogP contribution is 1.82. The van der Waals surface area contributed by atoms with E-state index in [4.69, 9.17) is 11.5 Å². The highest BCUT2D eigenvalue weighted by molar-refractivity contribution is 4.50. The molecule has 0 saturated heterocycles. The van der Waals surface area contributed by atoms with Crippen molar-refractivity contribution in [3.05, 3.63) is 0 Å². The molecule has 4 heteroatoms. The number of nitrogens with one attached hydrogen (secondary N) is 2. The lowest BCUT2D eigenvalue weighted by molar-refractivity contribution is 0.520. The Kier molecular flexibility index (Phi) is 6.84. The molecule has 10 heavy (non-hydrogen) atoms. The fourth-order valence-electron chi connectivity index (χ4n) is 0.696. The summed E-state index contributed by atoms with van der Waals surface area (Å²) in [5, 5.41) is 6.00. The quantitative estimate of drug-likeness (QED) is 0.280. The van der Waals surface area contributed by atoms with Crippen LogP contribution in [-0.4, -0.2) is 26.4 Å². The normalized spacial score (nSPS) is 10.8. The highest BCUT2D eigenvalue weighted by atomic mass is 15.1. The van der Waals surface area contributed by atoms with Gasteiger partial charge in [0, 0.05) is 0 Å². The van der Waals surface area contributed by atoms with E-state index in [1.807, 2.05) is 7.05 Å². The third kappa shape index (κ3) is 7.84. The van der Waals surface area contributed by atoms with Gasteiger partial charge in [-0.05, 0) is 33.0 Å². The van der Waals surface area contributed by atoms with Gasteiger partial charge in [0.2, 0.25) is 0 Å². The summed E-state index contributed by atoms with van der Waals surface area (Å²) >= 11 is 0. The molecular weight excluding hydrogens is 128 g/mol.